The number of halogens is 3. The molecule has 0 bridgehead atoms. The molecule has 4 rings (SSSR count). The van der Waals surface area contributed by atoms with E-state index in [0.29, 0.717) is 23.0 Å². The highest BCUT2D eigenvalue weighted by molar-refractivity contribution is 5.98. The van der Waals surface area contributed by atoms with Gasteiger partial charge >= 0.3 is 6.18 Å². The molecular formula is C21H21F3N2O2. The highest BCUT2D eigenvalue weighted by Gasteiger charge is 2.35. The van der Waals surface area contributed by atoms with Crippen molar-refractivity contribution < 1.29 is 22.7 Å². The van der Waals surface area contributed by atoms with Gasteiger partial charge in [-0.05, 0) is 43.0 Å². The molecule has 2 atom stereocenters. The molecule has 1 aliphatic heterocycles. The van der Waals surface area contributed by atoms with Gasteiger partial charge in [0.05, 0.1) is 16.9 Å². The van der Waals surface area contributed by atoms with Crippen LogP contribution in [0.4, 0.5) is 30.2 Å². The summed E-state index contributed by atoms with van der Waals surface area (Å²) in [6.45, 7) is 2.10. The highest BCUT2D eigenvalue weighted by atomic mass is 19.4. The van der Waals surface area contributed by atoms with Crippen molar-refractivity contribution in [3.63, 3.8) is 0 Å². The Kier molecular flexibility index (Phi) is 4.69. The Balaban J connectivity index is 1.69. The van der Waals surface area contributed by atoms with Crippen LogP contribution in [0.1, 0.15) is 38.2 Å². The second-order valence-corrected chi connectivity index (χ2v) is 7.58. The molecule has 1 heterocycles. The number of benzene rings is 2. The molecule has 1 aliphatic carbocycles. The van der Waals surface area contributed by atoms with Gasteiger partial charge in [-0.15, -0.1) is 0 Å². The molecule has 2 aromatic rings. The van der Waals surface area contributed by atoms with Gasteiger partial charge in [0, 0.05) is 5.92 Å². The largest absolute Gasteiger partial charge is 0.453 e. The molecule has 1 fully saturated rings. The number of carbonyl (C=O) groups is 1. The van der Waals surface area contributed by atoms with Crippen LogP contribution in [0, 0.1) is 11.8 Å². The van der Waals surface area contributed by atoms with Crippen LogP contribution in [0.2, 0.25) is 0 Å². The summed E-state index contributed by atoms with van der Waals surface area (Å²) >= 11 is 0. The summed E-state index contributed by atoms with van der Waals surface area (Å²) in [5.74, 6) is 0.487. The molecule has 148 valence electrons. The number of rotatable bonds is 2. The zero-order valence-electron chi connectivity index (χ0n) is 15.4. The Hall–Kier alpha value is -2.70. The van der Waals surface area contributed by atoms with Crippen molar-refractivity contribution in [2.75, 3.05) is 10.6 Å². The minimum atomic E-state index is -4.55. The van der Waals surface area contributed by atoms with Gasteiger partial charge in [0.15, 0.2) is 11.5 Å². The second-order valence-electron chi connectivity index (χ2n) is 7.58. The first-order chi connectivity index (χ1) is 13.3. The van der Waals surface area contributed by atoms with E-state index < -0.39 is 11.7 Å². The van der Waals surface area contributed by atoms with Gasteiger partial charge in [-0.25, -0.2) is 0 Å². The number of alkyl halides is 3. The maximum absolute atomic E-state index is 13.4. The van der Waals surface area contributed by atoms with E-state index in [1.807, 2.05) is 0 Å². The number of anilines is 3. The molecule has 2 aromatic carbocycles. The Labute approximate surface area is 161 Å². The van der Waals surface area contributed by atoms with Crippen molar-refractivity contribution in [3.8, 4) is 11.5 Å². The number of nitrogens with one attached hydrogen (secondary N) is 2. The molecule has 7 heteroatoms. The summed E-state index contributed by atoms with van der Waals surface area (Å²) in [5.41, 5.74) is 0.197. The number of fused-ring (bicyclic) bond motifs is 2. The maximum Gasteiger partial charge on any atom is 0.416 e. The number of ether oxygens (including phenoxy) is 1. The number of hydrogen-bond donors (Lipinski definition) is 2. The van der Waals surface area contributed by atoms with Crippen LogP contribution in [0.5, 0.6) is 11.5 Å². The van der Waals surface area contributed by atoms with E-state index in [9.17, 15) is 18.0 Å². The minimum Gasteiger partial charge on any atom is -0.453 e. The van der Waals surface area contributed by atoms with E-state index in [-0.39, 0.29) is 23.3 Å². The fraction of sp³-hybridized carbons (Fsp3) is 0.381. The average Bonchev–Trinajstić information content (AvgIpc) is 2.65. The smallest absolute Gasteiger partial charge is 0.416 e. The lowest BCUT2D eigenvalue weighted by atomic mass is 9.82. The predicted molar refractivity (Wildman–Crippen MR) is 101 cm³/mol. The lowest BCUT2D eigenvalue weighted by molar-refractivity contribution is -0.137. The zero-order chi connectivity index (χ0) is 19.9. The molecular weight excluding hydrogens is 369 g/mol. The number of carbonyl (C=O) groups excluding carboxylic acids is 1. The summed E-state index contributed by atoms with van der Waals surface area (Å²) in [5, 5.41) is 5.82. The van der Waals surface area contributed by atoms with Crippen LogP contribution in [0.15, 0.2) is 36.4 Å². The van der Waals surface area contributed by atoms with Crippen LogP contribution in [-0.4, -0.2) is 5.91 Å². The molecule has 0 spiro atoms. The first-order valence-electron chi connectivity index (χ1n) is 9.41. The Morgan fingerprint density at radius 2 is 1.96 bits per heavy atom. The van der Waals surface area contributed by atoms with Gasteiger partial charge in [0.25, 0.3) is 0 Å². The third-order valence-corrected chi connectivity index (χ3v) is 5.36. The van der Waals surface area contributed by atoms with Crippen molar-refractivity contribution in [2.45, 2.75) is 38.8 Å². The fourth-order valence-electron chi connectivity index (χ4n) is 3.91. The lowest BCUT2D eigenvalue weighted by Crippen LogP contribution is -2.28. The van der Waals surface area contributed by atoms with E-state index in [4.69, 9.17) is 4.74 Å². The van der Waals surface area contributed by atoms with E-state index >= 15 is 0 Å². The summed E-state index contributed by atoms with van der Waals surface area (Å²) in [7, 11) is 0. The Morgan fingerprint density at radius 3 is 2.71 bits per heavy atom. The first-order valence-corrected chi connectivity index (χ1v) is 9.41. The summed E-state index contributed by atoms with van der Waals surface area (Å²) < 4.78 is 45.8. The molecule has 4 nitrogen and oxygen atoms in total. The number of amides is 1. The molecule has 2 N–H and O–H groups in total. The van der Waals surface area contributed by atoms with Gasteiger partial charge in [-0.3, -0.25) is 4.79 Å². The predicted octanol–water partition coefficient (Wildman–Crippen LogP) is 6.32. The summed E-state index contributed by atoms with van der Waals surface area (Å²) in [4.78, 5) is 12.7. The van der Waals surface area contributed by atoms with Gasteiger partial charge in [-0.2, -0.15) is 13.2 Å². The van der Waals surface area contributed by atoms with E-state index in [0.717, 1.165) is 37.8 Å². The van der Waals surface area contributed by atoms with Crippen molar-refractivity contribution in [2.24, 2.45) is 11.8 Å². The molecule has 2 aliphatic rings. The molecule has 2 unspecified atom stereocenters. The van der Waals surface area contributed by atoms with Crippen LogP contribution in [0.3, 0.4) is 0 Å². The fourth-order valence-corrected chi connectivity index (χ4v) is 3.91. The standard InChI is InChI=1S/C21H21F3N2O2/c1-12-5-4-6-13(9-12)20(27)26-16-10-14(21(22,23)24)11-18-19(16)25-15-7-2-3-8-17(15)28-18/h2-3,7-8,10-13,25H,4-6,9H2,1H3,(H,26,27). The third kappa shape index (κ3) is 3.66. The van der Waals surface area contributed by atoms with Crippen molar-refractivity contribution in [1.29, 1.82) is 0 Å². The molecule has 28 heavy (non-hydrogen) atoms. The van der Waals surface area contributed by atoms with E-state index in [1.54, 1.807) is 24.3 Å². The second kappa shape index (κ2) is 7.04. The molecule has 1 saturated carbocycles. The Morgan fingerprint density at radius 1 is 1.18 bits per heavy atom. The zero-order valence-corrected chi connectivity index (χ0v) is 15.4. The highest BCUT2D eigenvalue weighted by Crippen LogP contribution is 2.48. The van der Waals surface area contributed by atoms with Crippen LogP contribution in [-0.2, 0) is 11.0 Å². The molecule has 0 saturated heterocycles. The van der Waals surface area contributed by atoms with Crippen LogP contribution in [0.25, 0.3) is 0 Å². The quantitative estimate of drug-likeness (QED) is 0.538. The Bertz CT molecular complexity index is 911. The topological polar surface area (TPSA) is 50.4 Å². The van der Waals surface area contributed by atoms with Gasteiger partial charge in [-0.1, -0.05) is 31.9 Å². The number of hydrogen-bond acceptors (Lipinski definition) is 3. The van der Waals surface area contributed by atoms with E-state index in [2.05, 4.69) is 17.6 Å². The monoisotopic (exact) mass is 390 g/mol. The molecule has 0 aromatic heterocycles. The minimum absolute atomic E-state index is 0.0424. The molecule has 1 amide bonds. The normalized spacial score (nSPS) is 21.0. The van der Waals surface area contributed by atoms with Crippen molar-refractivity contribution in [3.05, 3.63) is 42.0 Å². The van der Waals surface area contributed by atoms with Crippen molar-refractivity contribution in [1.82, 2.24) is 0 Å². The summed E-state index contributed by atoms with van der Waals surface area (Å²) in [6.07, 6.45) is -1.01. The van der Waals surface area contributed by atoms with Crippen molar-refractivity contribution >= 4 is 23.0 Å². The third-order valence-electron chi connectivity index (χ3n) is 5.36. The van der Waals surface area contributed by atoms with Crippen LogP contribution < -0.4 is 15.4 Å². The van der Waals surface area contributed by atoms with Gasteiger partial charge < -0.3 is 15.4 Å². The SMILES string of the molecule is CC1CCCC(C(=O)Nc2cc(C(F)(F)F)cc3c2Nc2ccccc2O3)C1. The number of para-hydroxylation sites is 2. The van der Waals surface area contributed by atoms with Gasteiger partial charge in [0.1, 0.15) is 5.69 Å². The van der Waals surface area contributed by atoms with E-state index in [1.165, 1.54) is 0 Å². The van der Waals surface area contributed by atoms with Crippen LogP contribution >= 0.6 is 0 Å². The molecule has 0 radical (unpaired) electrons. The lowest BCUT2D eigenvalue weighted by Gasteiger charge is -2.28. The maximum atomic E-state index is 13.4. The average molecular weight is 390 g/mol. The summed E-state index contributed by atoms with van der Waals surface area (Å²) in [6, 6.07) is 8.90. The van der Waals surface area contributed by atoms with Gasteiger partial charge in [0.2, 0.25) is 5.91 Å². The first kappa shape index (κ1) is 18.7.